The van der Waals surface area contributed by atoms with Crippen LogP contribution in [0.3, 0.4) is 0 Å². The second-order valence-electron chi connectivity index (χ2n) is 4.99. The van der Waals surface area contributed by atoms with Gasteiger partial charge in [0.15, 0.2) is 5.82 Å². The number of nitrogen functional groups attached to an aromatic ring is 1. The number of alkyl halides is 3. The lowest BCUT2D eigenvalue weighted by atomic mass is 9.98. The maximum Gasteiger partial charge on any atom is 0.389 e. The van der Waals surface area contributed by atoms with E-state index in [0.717, 1.165) is 5.56 Å². The standard InChI is InChI=1S/C14H16F3N3O/c1-9(10-2-4-11(18)5-3-10)8-13-19-12(20-21-13)6-7-14(15,16)17/h2-5,9H,6-8,18H2,1H3. The van der Waals surface area contributed by atoms with Gasteiger partial charge in [-0.15, -0.1) is 0 Å². The number of halogens is 3. The number of nitrogens with zero attached hydrogens (tertiary/aromatic N) is 2. The first-order valence-electron chi connectivity index (χ1n) is 6.57. The second-order valence-corrected chi connectivity index (χ2v) is 4.99. The molecule has 0 bridgehead atoms. The summed E-state index contributed by atoms with van der Waals surface area (Å²) in [5, 5.41) is 3.57. The van der Waals surface area contributed by atoms with E-state index in [-0.39, 0.29) is 18.2 Å². The second kappa shape index (κ2) is 6.15. The van der Waals surface area contributed by atoms with Crippen LogP contribution in [0.4, 0.5) is 18.9 Å². The molecule has 0 radical (unpaired) electrons. The number of hydrogen-bond acceptors (Lipinski definition) is 4. The summed E-state index contributed by atoms with van der Waals surface area (Å²) in [6.45, 7) is 1.98. The summed E-state index contributed by atoms with van der Waals surface area (Å²) in [4.78, 5) is 3.99. The van der Waals surface area contributed by atoms with Crippen molar-refractivity contribution in [3.05, 3.63) is 41.5 Å². The maximum atomic E-state index is 12.1. The van der Waals surface area contributed by atoms with Crippen molar-refractivity contribution in [1.82, 2.24) is 10.1 Å². The molecule has 0 spiro atoms. The molecular weight excluding hydrogens is 283 g/mol. The molecule has 1 heterocycles. The molecule has 2 aromatic rings. The van der Waals surface area contributed by atoms with Gasteiger partial charge in [0.1, 0.15) is 0 Å². The molecule has 0 saturated heterocycles. The van der Waals surface area contributed by atoms with Crippen LogP contribution in [0.15, 0.2) is 28.8 Å². The van der Waals surface area contributed by atoms with E-state index in [9.17, 15) is 13.2 Å². The third-order valence-electron chi connectivity index (χ3n) is 3.13. The Kier molecular flexibility index (Phi) is 4.50. The highest BCUT2D eigenvalue weighted by Gasteiger charge is 2.27. The van der Waals surface area contributed by atoms with Gasteiger partial charge in [0.25, 0.3) is 0 Å². The summed E-state index contributed by atoms with van der Waals surface area (Å²) in [7, 11) is 0. The molecule has 4 nitrogen and oxygen atoms in total. The largest absolute Gasteiger partial charge is 0.399 e. The van der Waals surface area contributed by atoms with E-state index in [1.807, 2.05) is 19.1 Å². The Hall–Kier alpha value is -2.05. The van der Waals surface area contributed by atoms with Gasteiger partial charge in [0, 0.05) is 18.5 Å². The van der Waals surface area contributed by atoms with Gasteiger partial charge >= 0.3 is 6.18 Å². The highest BCUT2D eigenvalue weighted by molar-refractivity contribution is 5.40. The van der Waals surface area contributed by atoms with Crippen molar-refractivity contribution >= 4 is 5.69 Å². The monoisotopic (exact) mass is 299 g/mol. The number of aryl methyl sites for hydroxylation is 1. The summed E-state index contributed by atoms with van der Waals surface area (Å²) in [6, 6.07) is 7.41. The molecular formula is C14H16F3N3O. The van der Waals surface area contributed by atoms with E-state index in [1.165, 1.54) is 0 Å². The van der Waals surface area contributed by atoms with Crippen LogP contribution in [0.5, 0.6) is 0 Å². The van der Waals surface area contributed by atoms with E-state index in [0.29, 0.717) is 18.0 Å². The molecule has 0 amide bonds. The molecule has 0 fully saturated rings. The van der Waals surface area contributed by atoms with Crippen molar-refractivity contribution in [1.29, 1.82) is 0 Å². The molecule has 0 saturated carbocycles. The zero-order valence-electron chi connectivity index (χ0n) is 11.5. The average Bonchev–Trinajstić information content (AvgIpc) is 2.84. The minimum absolute atomic E-state index is 0.0897. The lowest BCUT2D eigenvalue weighted by Gasteiger charge is -2.09. The first kappa shape index (κ1) is 15.3. The third-order valence-corrected chi connectivity index (χ3v) is 3.13. The Labute approximate surface area is 120 Å². The van der Waals surface area contributed by atoms with E-state index in [1.54, 1.807) is 12.1 Å². The normalized spacial score (nSPS) is 13.3. The molecule has 2 rings (SSSR count). The minimum atomic E-state index is -4.21. The van der Waals surface area contributed by atoms with E-state index < -0.39 is 12.6 Å². The number of rotatable bonds is 5. The van der Waals surface area contributed by atoms with Crippen molar-refractivity contribution in [2.24, 2.45) is 0 Å². The van der Waals surface area contributed by atoms with E-state index in [2.05, 4.69) is 10.1 Å². The van der Waals surface area contributed by atoms with Crippen LogP contribution in [0.25, 0.3) is 0 Å². The predicted octanol–water partition coefficient (Wildman–Crippen LogP) is 3.49. The molecule has 1 aromatic carbocycles. The van der Waals surface area contributed by atoms with Crippen LogP contribution >= 0.6 is 0 Å². The number of hydrogen-bond donors (Lipinski definition) is 1. The van der Waals surface area contributed by atoms with Crippen molar-refractivity contribution in [3.8, 4) is 0 Å². The molecule has 21 heavy (non-hydrogen) atoms. The van der Waals surface area contributed by atoms with Gasteiger partial charge < -0.3 is 10.3 Å². The van der Waals surface area contributed by atoms with E-state index in [4.69, 9.17) is 10.3 Å². The lowest BCUT2D eigenvalue weighted by molar-refractivity contribution is -0.134. The zero-order valence-corrected chi connectivity index (χ0v) is 11.5. The topological polar surface area (TPSA) is 64.9 Å². The van der Waals surface area contributed by atoms with Crippen LogP contribution in [0.2, 0.25) is 0 Å². The molecule has 7 heteroatoms. The Morgan fingerprint density at radius 1 is 1.24 bits per heavy atom. The van der Waals surface area contributed by atoms with Crippen LogP contribution in [0, 0.1) is 0 Å². The number of anilines is 1. The summed E-state index contributed by atoms with van der Waals surface area (Å²) >= 11 is 0. The summed E-state index contributed by atoms with van der Waals surface area (Å²) in [5.74, 6) is 0.546. The fourth-order valence-electron chi connectivity index (χ4n) is 1.93. The van der Waals surface area contributed by atoms with Gasteiger partial charge in [0.05, 0.1) is 6.42 Å². The molecule has 2 N–H and O–H groups in total. The summed E-state index contributed by atoms with van der Waals surface area (Å²) in [6.07, 6.45) is -4.94. The summed E-state index contributed by atoms with van der Waals surface area (Å²) < 4.78 is 41.3. The van der Waals surface area contributed by atoms with Crippen molar-refractivity contribution in [2.45, 2.75) is 38.3 Å². The SMILES string of the molecule is CC(Cc1nc(CCC(F)(F)F)no1)c1ccc(N)cc1. The fourth-order valence-corrected chi connectivity index (χ4v) is 1.93. The smallest absolute Gasteiger partial charge is 0.389 e. The van der Waals surface area contributed by atoms with Gasteiger partial charge in [-0.1, -0.05) is 24.2 Å². The Morgan fingerprint density at radius 2 is 1.90 bits per heavy atom. The third kappa shape index (κ3) is 4.77. The fraction of sp³-hybridized carbons (Fsp3) is 0.429. The first-order chi connectivity index (χ1) is 9.83. The molecule has 1 atom stereocenters. The quantitative estimate of drug-likeness (QED) is 0.858. The van der Waals surface area contributed by atoms with Crippen molar-refractivity contribution < 1.29 is 17.7 Å². The molecule has 1 unspecified atom stereocenters. The minimum Gasteiger partial charge on any atom is -0.399 e. The van der Waals surface area contributed by atoms with Crippen molar-refractivity contribution in [3.63, 3.8) is 0 Å². The number of nitrogens with two attached hydrogens (primary N) is 1. The van der Waals surface area contributed by atoms with Crippen LogP contribution in [-0.4, -0.2) is 16.3 Å². The predicted molar refractivity (Wildman–Crippen MR) is 71.6 cm³/mol. The first-order valence-corrected chi connectivity index (χ1v) is 6.57. The van der Waals surface area contributed by atoms with Crippen LogP contribution in [0.1, 0.15) is 36.5 Å². The molecule has 114 valence electrons. The molecule has 0 aliphatic rings. The van der Waals surface area contributed by atoms with Gasteiger partial charge in [-0.25, -0.2) is 0 Å². The number of benzene rings is 1. The van der Waals surface area contributed by atoms with Crippen molar-refractivity contribution in [2.75, 3.05) is 5.73 Å². The van der Waals surface area contributed by atoms with Gasteiger partial charge in [-0.2, -0.15) is 18.2 Å². The molecule has 1 aromatic heterocycles. The Balaban J connectivity index is 1.94. The zero-order chi connectivity index (χ0) is 15.5. The number of aromatic nitrogens is 2. The average molecular weight is 299 g/mol. The van der Waals surface area contributed by atoms with Gasteiger partial charge in [-0.3, -0.25) is 0 Å². The Morgan fingerprint density at radius 3 is 2.52 bits per heavy atom. The van der Waals surface area contributed by atoms with E-state index >= 15 is 0 Å². The Bertz CT molecular complexity index is 578. The lowest BCUT2D eigenvalue weighted by Crippen LogP contribution is -2.09. The molecule has 0 aliphatic heterocycles. The van der Waals surface area contributed by atoms with Gasteiger partial charge in [0.2, 0.25) is 5.89 Å². The highest BCUT2D eigenvalue weighted by atomic mass is 19.4. The summed E-state index contributed by atoms with van der Waals surface area (Å²) in [5.41, 5.74) is 7.35. The maximum absolute atomic E-state index is 12.1. The van der Waals surface area contributed by atoms with Crippen LogP contribution in [-0.2, 0) is 12.8 Å². The van der Waals surface area contributed by atoms with Crippen LogP contribution < -0.4 is 5.73 Å². The van der Waals surface area contributed by atoms with Gasteiger partial charge in [-0.05, 0) is 23.6 Å². The molecule has 0 aliphatic carbocycles. The highest BCUT2D eigenvalue weighted by Crippen LogP contribution is 2.23.